The summed E-state index contributed by atoms with van der Waals surface area (Å²) in [6.07, 6.45) is -11.2. The highest BCUT2D eigenvalue weighted by Gasteiger charge is 2.40. The van der Waals surface area contributed by atoms with Gasteiger partial charge < -0.3 is 25.2 Å². The summed E-state index contributed by atoms with van der Waals surface area (Å²) in [5.41, 5.74) is 2.62. The topological polar surface area (TPSA) is 191 Å². The van der Waals surface area contributed by atoms with Crippen molar-refractivity contribution >= 4 is 23.9 Å². The first kappa shape index (κ1) is 48.2. The molecular formula is C28H30F12N4O9. The standard InChI is InChI=1S/C20H26N4O.4C2HF3O2/c1-2-18(12-22-6-1)14-23-9-5-19-15-24(10-11-25-20(19)16-23)13-17-3-7-21-8-4-17;4*3-2(4,5)1(6)7/h1-4,6-8,12,19-20H,5,9-11,13-16H2;4*(H,6,7)/t19-,20-;;;;/m1..../s1. The molecule has 0 unspecified atom stereocenters. The molecule has 2 aromatic heterocycles. The Morgan fingerprint density at radius 3 is 1.43 bits per heavy atom. The minimum absolute atomic E-state index is 0.355. The van der Waals surface area contributed by atoms with Crippen LogP contribution in [0.3, 0.4) is 0 Å². The van der Waals surface area contributed by atoms with Crippen LogP contribution in [0.25, 0.3) is 0 Å². The van der Waals surface area contributed by atoms with Crippen molar-refractivity contribution in [2.24, 2.45) is 5.92 Å². The molecule has 0 saturated carbocycles. The number of pyridine rings is 2. The van der Waals surface area contributed by atoms with Gasteiger partial charge in [0.05, 0.1) is 12.7 Å². The van der Waals surface area contributed by atoms with Crippen LogP contribution in [0.15, 0.2) is 49.1 Å². The minimum atomic E-state index is -5.08. The van der Waals surface area contributed by atoms with Gasteiger partial charge in [-0.05, 0) is 42.3 Å². The Morgan fingerprint density at radius 1 is 0.623 bits per heavy atom. The summed E-state index contributed by atoms with van der Waals surface area (Å²) in [6.45, 7) is 7.11. The number of aliphatic carboxylic acids is 4. The number of hydrogen-bond donors (Lipinski definition) is 4. The molecule has 0 bridgehead atoms. The first-order chi connectivity index (χ1) is 24.1. The lowest BCUT2D eigenvalue weighted by atomic mass is 9.93. The van der Waals surface area contributed by atoms with E-state index in [0.717, 1.165) is 45.9 Å². The maximum atomic E-state index is 10.6. The second kappa shape index (κ2) is 21.7. The van der Waals surface area contributed by atoms with Gasteiger partial charge in [0.15, 0.2) is 0 Å². The number of ether oxygens (including phenoxy) is 1. The number of halogens is 12. The van der Waals surface area contributed by atoms with E-state index in [0.29, 0.717) is 12.0 Å². The fraction of sp³-hybridized carbons (Fsp3) is 0.500. The molecule has 4 N–H and O–H groups in total. The van der Waals surface area contributed by atoms with E-state index >= 15 is 0 Å². The molecule has 4 heterocycles. The number of carbonyl (C=O) groups is 4. The predicted octanol–water partition coefficient (Wildman–Crippen LogP) is 4.73. The monoisotopic (exact) mass is 794 g/mol. The van der Waals surface area contributed by atoms with E-state index < -0.39 is 48.6 Å². The van der Waals surface area contributed by atoms with Crippen LogP contribution < -0.4 is 0 Å². The highest BCUT2D eigenvalue weighted by Crippen LogP contribution is 2.26. The third-order valence-corrected chi connectivity index (χ3v) is 6.27. The zero-order chi connectivity index (χ0) is 41.2. The van der Waals surface area contributed by atoms with Crippen molar-refractivity contribution in [2.75, 3.05) is 32.8 Å². The molecule has 25 heteroatoms. The Balaban J connectivity index is 0.000000791. The van der Waals surface area contributed by atoms with Crippen molar-refractivity contribution in [2.45, 2.75) is 50.3 Å². The van der Waals surface area contributed by atoms with E-state index in [1.54, 1.807) is 0 Å². The Morgan fingerprint density at radius 2 is 1.04 bits per heavy atom. The number of carboxylic acids is 4. The van der Waals surface area contributed by atoms with Crippen LogP contribution in [0.1, 0.15) is 17.5 Å². The zero-order valence-electron chi connectivity index (χ0n) is 26.6. The van der Waals surface area contributed by atoms with Crippen LogP contribution in [0, 0.1) is 5.92 Å². The van der Waals surface area contributed by atoms with Crippen LogP contribution in [0.2, 0.25) is 0 Å². The summed E-state index contributed by atoms with van der Waals surface area (Å²) >= 11 is 0. The number of fused-ring (bicyclic) bond motifs is 1. The van der Waals surface area contributed by atoms with Gasteiger partial charge in [0.1, 0.15) is 0 Å². The lowest BCUT2D eigenvalue weighted by Crippen LogP contribution is -2.46. The van der Waals surface area contributed by atoms with Gasteiger partial charge >= 0.3 is 48.6 Å². The Bertz CT molecular complexity index is 1320. The third-order valence-electron chi connectivity index (χ3n) is 6.27. The molecule has 4 rings (SSSR count). The van der Waals surface area contributed by atoms with Gasteiger partial charge in [-0.25, -0.2) is 19.2 Å². The fourth-order valence-corrected chi connectivity index (χ4v) is 3.97. The first-order valence-corrected chi connectivity index (χ1v) is 14.2. The number of nitrogens with zero attached hydrogens (tertiary/aromatic N) is 4. The summed E-state index contributed by atoms with van der Waals surface area (Å²) in [7, 11) is 0. The van der Waals surface area contributed by atoms with Gasteiger partial charge in [0, 0.05) is 63.4 Å². The maximum Gasteiger partial charge on any atom is 0.490 e. The van der Waals surface area contributed by atoms with Gasteiger partial charge in [-0.15, -0.1) is 0 Å². The molecule has 0 aromatic carbocycles. The molecule has 2 aliphatic rings. The smallest absolute Gasteiger partial charge is 0.475 e. The molecule has 2 aliphatic heterocycles. The summed E-state index contributed by atoms with van der Waals surface area (Å²) in [5.74, 6) is -10.4. The van der Waals surface area contributed by atoms with Crippen molar-refractivity contribution in [3.63, 3.8) is 0 Å². The molecule has 0 radical (unpaired) electrons. The molecular weight excluding hydrogens is 764 g/mol. The van der Waals surface area contributed by atoms with Crippen molar-refractivity contribution in [3.8, 4) is 0 Å². The molecule has 2 saturated heterocycles. The van der Waals surface area contributed by atoms with E-state index in [-0.39, 0.29) is 0 Å². The minimum Gasteiger partial charge on any atom is -0.475 e. The van der Waals surface area contributed by atoms with Crippen molar-refractivity contribution in [3.05, 3.63) is 60.2 Å². The summed E-state index contributed by atoms with van der Waals surface area (Å²) < 4.78 is 133. The van der Waals surface area contributed by atoms with E-state index in [4.69, 9.17) is 44.3 Å². The molecule has 13 nitrogen and oxygen atoms in total. The van der Waals surface area contributed by atoms with Crippen LogP contribution in [0.5, 0.6) is 0 Å². The van der Waals surface area contributed by atoms with Gasteiger partial charge in [0.2, 0.25) is 0 Å². The average molecular weight is 795 g/mol. The summed E-state index contributed by atoms with van der Waals surface area (Å²) in [4.78, 5) is 49.0. The van der Waals surface area contributed by atoms with Gasteiger partial charge in [0.25, 0.3) is 0 Å². The highest BCUT2D eigenvalue weighted by molar-refractivity contribution is 5.74. The largest absolute Gasteiger partial charge is 0.490 e. The zero-order valence-corrected chi connectivity index (χ0v) is 26.6. The molecule has 2 aromatic rings. The third kappa shape index (κ3) is 22.0. The SMILES string of the molecule is O=C(O)C(F)(F)F.O=C(O)C(F)(F)F.O=C(O)C(F)(F)F.O=C(O)C(F)(F)F.c1cncc(CN2CC[C@@H]3CN(Cc4ccncc4)CCO[C@@H]3C2)c1. The van der Waals surface area contributed by atoms with Crippen molar-refractivity contribution in [1.82, 2.24) is 19.8 Å². The fourth-order valence-electron chi connectivity index (χ4n) is 3.97. The lowest BCUT2D eigenvalue weighted by molar-refractivity contribution is -0.193. The molecule has 0 amide bonds. The van der Waals surface area contributed by atoms with Crippen molar-refractivity contribution in [1.29, 1.82) is 0 Å². The molecule has 300 valence electrons. The normalized spacial score (nSPS) is 17.9. The van der Waals surface area contributed by atoms with E-state index in [9.17, 15) is 52.7 Å². The highest BCUT2D eigenvalue weighted by atomic mass is 19.4. The first-order valence-electron chi connectivity index (χ1n) is 14.2. The molecule has 0 spiro atoms. The number of piperidine rings is 1. The number of likely N-dealkylation sites (tertiary alicyclic amines) is 1. The lowest BCUT2D eigenvalue weighted by Gasteiger charge is -2.38. The van der Waals surface area contributed by atoms with Gasteiger partial charge in [-0.3, -0.25) is 19.8 Å². The second-order valence-electron chi connectivity index (χ2n) is 10.4. The van der Waals surface area contributed by atoms with E-state index in [1.165, 1.54) is 17.5 Å². The molecule has 2 fully saturated rings. The second-order valence-corrected chi connectivity index (χ2v) is 10.4. The average Bonchev–Trinajstić information content (AvgIpc) is 3.23. The Hall–Kier alpha value is -4.78. The summed E-state index contributed by atoms with van der Waals surface area (Å²) in [5, 5.41) is 28.5. The van der Waals surface area contributed by atoms with Crippen LogP contribution in [0.4, 0.5) is 52.7 Å². The van der Waals surface area contributed by atoms with Crippen LogP contribution >= 0.6 is 0 Å². The van der Waals surface area contributed by atoms with Crippen LogP contribution in [-0.2, 0) is 37.0 Å². The number of rotatable bonds is 4. The number of carboxylic acid groups (broad SMARTS) is 4. The quantitative estimate of drug-likeness (QED) is 0.311. The Kier molecular flexibility index (Phi) is 19.7. The van der Waals surface area contributed by atoms with Gasteiger partial charge in [-0.2, -0.15) is 52.7 Å². The van der Waals surface area contributed by atoms with E-state index in [1.807, 2.05) is 30.9 Å². The molecule has 2 atom stereocenters. The maximum absolute atomic E-state index is 10.6. The molecule has 53 heavy (non-hydrogen) atoms. The number of hydrogen-bond acceptors (Lipinski definition) is 9. The van der Waals surface area contributed by atoms with E-state index in [2.05, 4.69) is 38.0 Å². The number of alkyl halides is 12. The summed E-state index contributed by atoms with van der Waals surface area (Å²) in [6, 6.07) is 8.39. The predicted molar refractivity (Wildman–Crippen MR) is 152 cm³/mol. The van der Waals surface area contributed by atoms with Crippen molar-refractivity contribution < 1.29 is 97.0 Å². The van der Waals surface area contributed by atoms with Gasteiger partial charge in [-0.1, -0.05) is 6.07 Å². The Labute approximate surface area is 290 Å². The number of aromatic nitrogens is 2. The molecule has 0 aliphatic carbocycles. The van der Waals surface area contributed by atoms with Crippen LogP contribution in [-0.4, -0.2) is 128 Å².